The number of aliphatic imine (C=N–C) groups is 1. The first-order valence-electron chi connectivity index (χ1n) is 9.63. The molecular formula is C21H28IN5O2. The number of nitrogens with zero attached hydrogens (tertiary/aromatic N) is 3. The van der Waals surface area contributed by atoms with Crippen LogP contribution in [0.5, 0.6) is 0 Å². The molecular weight excluding hydrogens is 481 g/mol. The molecule has 1 aliphatic heterocycles. The van der Waals surface area contributed by atoms with Crippen molar-refractivity contribution in [3.05, 3.63) is 69.8 Å². The van der Waals surface area contributed by atoms with E-state index in [9.17, 15) is 10.1 Å². The largest absolute Gasteiger partial charge is 0.372 e. The van der Waals surface area contributed by atoms with Crippen molar-refractivity contribution in [2.24, 2.45) is 4.99 Å². The maximum atomic E-state index is 11.2. The van der Waals surface area contributed by atoms with Gasteiger partial charge in [0.05, 0.1) is 11.0 Å². The normalized spacial score (nSPS) is 14.8. The first-order valence-corrected chi connectivity index (χ1v) is 9.63. The Bertz CT molecular complexity index is 852. The number of halogens is 1. The highest BCUT2D eigenvalue weighted by molar-refractivity contribution is 14.0. The summed E-state index contributed by atoms with van der Waals surface area (Å²) in [6, 6.07) is 15.4. The lowest BCUT2D eigenvalue weighted by molar-refractivity contribution is -0.385. The maximum absolute atomic E-state index is 11.2. The van der Waals surface area contributed by atoms with Crippen LogP contribution in [-0.2, 0) is 6.54 Å². The molecule has 2 N–H and O–H groups in total. The minimum absolute atomic E-state index is 0. The Kier molecular flexibility index (Phi) is 8.69. The first kappa shape index (κ1) is 22.9. The van der Waals surface area contributed by atoms with Crippen molar-refractivity contribution >= 4 is 41.3 Å². The lowest BCUT2D eigenvalue weighted by atomic mass is 10.1. The molecule has 0 bridgehead atoms. The molecule has 1 aliphatic rings. The lowest BCUT2D eigenvalue weighted by Gasteiger charge is -2.22. The van der Waals surface area contributed by atoms with E-state index in [2.05, 4.69) is 51.7 Å². The number of para-hydroxylation sites is 1. The van der Waals surface area contributed by atoms with Crippen LogP contribution in [0.25, 0.3) is 0 Å². The molecule has 1 heterocycles. The van der Waals surface area contributed by atoms with Gasteiger partial charge in [-0.2, -0.15) is 0 Å². The van der Waals surface area contributed by atoms with Crippen molar-refractivity contribution in [3.63, 3.8) is 0 Å². The highest BCUT2D eigenvalue weighted by Gasteiger charge is 2.16. The fraction of sp³-hybridized carbons (Fsp3) is 0.381. The average Bonchev–Trinajstić information content (AvgIpc) is 3.26. The Labute approximate surface area is 188 Å². The van der Waals surface area contributed by atoms with E-state index in [0.29, 0.717) is 18.1 Å². The maximum Gasteiger partial charge on any atom is 0.274 e. The number of nitro benzene ring substituents is 1. The summed E-state index contributed by atoms with van der Waals surface area (Å²) < 4.78 is 0. The van der Waals surface area contributed by atoms with E-state index in [1.54, 1.807) is 25.2 Å². The predicted molar refractivity (Wildman–Crippen MR) is 128 cm³/mol. The van der Waals surface area contributed by atoms with E-state index in [1.165, 1.54) is 30.2 Å². The SMILES string of the molecule is CN=C(NCc1ccccc1[N+](=O)[O-])NC(C)c1cccc(N2CCCC2)c1.I. The number of rotatable bonds is 6. The smallest absolute Gasteiger partial charge is 0.274 e. The Morgan fingerprint density at radius 2 is 1.93 bits per heavy atom. The number of hydrogen-bond donors (Lipinski definition) is 2. The van der Waals surface area contributed by atoms with Crippen LogP contribution in [0.4, 0.5) is 11.4 Å². The van der Waals surface area contributed by atoms with Gasteiger partial charge in [0.1, 0.15) is 0 Å². The molecule has 0 aliphatic carbocycles. The number of nitro groups is 1. The van der Waals surface area contributed by atoms with Gasteiger partial charge in [-0.3, -0.25) is 15.1 Å². The Morgan fingerprint density at radius 3 is 2.62 bits per heavy atom. The zero-order valence-electron chi connectivity index (χ0n) is 16.8. The molecule has 0 saturated carbocycles. The predicted octanol–water partition coefficient (Wildman–Crippen LogP) is 4.24. The Morgan fingerprint density at radius 1 is 1.21 bits per heavy atom. The highest BCUT2D eigenvalue weighted by Crippen LogP contribution is 2.24. The molecule has 1 saturated heterocycles. The van der Waals surface area contributed by atoms with Crippen LogP contribution in [0.3, 0.4) is 0 Å². The second-order valence-electron chi connectivity index (χ2n) is 6.97. The molecule has 0 aromatic heterocycles. The molecule has 29 heavy (non-hydrogen) atoms. The number of anilines is 1. The van der Waals surface area contributed by atoms with Gasteiger partial charge in [0.15, 0.2) is 5.96 Å². The molecule has 1 unspecified atom stereocenters. The van der Waals surface area contributed by atoms with Crippen molar-refractivity contribution in [2.75, 3.05) is 25.0 Å². The van der Waals surface area contributed by atoms with E-state index >= 15 is 0 Å². The van der Waals surface area contributed by atoms with Crippen molar-refractivity contribution < 1.29 is 4.92 Å². The number of nitrogens with one attached hydrogen (secondary N) is 2. The van der Waals surface area contributed by atoms with Gasteiger partial charge < -0.3 is 15.5 Å². The fourth-order valence-electron chi connectivity index (χ4n) is 3.47. The summed E-state index contributed by atoms with van der Waals surface area (Å²) in [7, 11) is 1.70. The van der Waals surface area contributed by atoms with E-state index in [0.717, 1.165) is 13.1 Å². The summed E-state index contributed by atoms with van der Waals surface area (Å²) in [6.45, 7) is 4.65. The minimum Gasteiger partial charge on any atom is -0.372 e. The van der Waals surface area contributed by atoms with Crippen molar-refractivity contribution in [3.8, 4) is 0 Å². The molecule has 0 radical (unpaired) electrons. The molecule has 0 spiro atoms. The van der Waals surface area contributed by atoms with Gasteiger partial charge in [-0.05, 0) is 37.5 Å². The molecule has 2 aromatic rings. The fourth-order valence-corrected chi connectivity index (χ4v) is 3.47. The lowest BCUT2D eigenvalue weighted by Crippen LogP contribution is -2.38. The van der Waals surface area contributed by atoms with Gasteiger partial charge in [0.2, 0.25) is 0 Å². The zero-order valence-corrected chi connectivity index (χ0v) is 19.1. The van der Waals surface area contributed by atoms with Crippen molar-refractivity contribution in [1.29, 1.82) is 0 Å². The number of guanidine groups is 1. The summed E-state index contributed by atoms with van der Waals surface area (Å²) >= 11 is 0. The zero-order chi connectivity index (χ0) is 19.9. The molecule has 3 rings (SSSR count). The number of benzene rings is 2. The van der Waals surface area contributed by atoms with E-state index < -0.39 is 0 Å². The third-order valence-corrected chi connectivity index (χ3v) is 5.05. The quantitative estimate of drug-likeness (QED) is 0.200. The van der Waals surface area contributed by atoms with Crippen LogP contribution in [-0.4, -0.2) is 31.0 Å². The van der Waals surface area contributed by atoms with Gasteiger partial charge in [-0.1, -0.05) is 30.3 Å². The summed E-state index contributed by atoms with van der Waals surface area (Å²) in [5.41, 5.74) is 3.17. The topological polar surface area (TPSA) is 82.8 Å². The van der Waals surface area contributed by atoms with E-state index in [4.69, 9.17) is 0 Å². The number of hydrogen-bond acceptors (Lipinski definition) is 4. The van der Waals surface area contributed by atoms with Gasteiger partial charge in [-0.15, -0.1) is 24.0 Å². The molecule has 2 aromatic carbocycles. The standard InChI is InChI=1S/C21H27N5O2.HI/c1-16(17-9-7-10-19(14-17)25-12-5-6-13-25)24-21(22-2)23-15-18-8-3-4-11-20(18)26(27)28;/h3-4,7-11,14,16H,5-6,12-13,15H2,1-2H3,(H2,22,23,24);1H. The van der Waals surface area contributed by atoms with E-state index in [-0.39, 0.29) is 40.6 Å². The van der Waals surface area contributed by atoms with Crippen LogP contribution >= 0.6 is 24.0 Å². The monoisotopic (exact) mass is 509 g/mol. The summed E-state index contributed by atoms with van der Waals surface area (Å²) in [5, 5.41) is 17.7. The summed E-state index contributed by atoms with van der Waals surface area (Å²) in [4.78, 5) is 17.5. The molecule has 7 nitrogen and oxygen atoms in total. The molecule has 156 valence electrons. The van der Waals surface area contributed by atoms with Gasteiger partial charge in [0.25, 0.3) is 5.69 Å². The van der Waals surface area contributed by atoms with Crippen LogP contribution in [0.2, 0.25) is 0 Å². The van der Waals surface area contributed by atoms with Gasteiger partial charge >= 0.3 is 0 Å². The molecule has 1 fully saturated rings. The first-order chi connectivity index (χ1) is 13.6. The van der Waals surface area contributed by atoms with E-state index in [1.807, 2.05) is 0 Å². The molecule has 8 heteroatoms. The second kappa shape index (κ2) is 11.0. The molecule has 0 amide bonds. The Hall–Kier alpha value is -2.36. The summed E-state index contributed by atoms with van der Waals surface area (Å²) in [6.07, 6.45) is 2.50. The van der Waals surface area contributed by atoms with Crippen LogP contribution < -0.4 is 15.5 Å². The highest BCUT2D eigenvalue weighted by atomic mass is 127. The summed E-state index contributed by atoms with van der Waals surface area (Å²) in [5.74, 6) is 0.609. The third-order valence-electron chi connectivity index (χ3n) is 5.05. The molecule has 1 atom stereocenters. The van der Waals surface area contributed by atoms with Gasteiger partial charge in [-0.25, -0.2) is 0 Å². The van der Waals surface area contributed by atoms with Crippen molar-refractivity contribution in [1.82, 2.24) is 10.6 Å². The second-order valence-corrected chi connectivity index (χ2v) is 6.97. The van der Waals surface area contributed by atoms with Crippen molar-refractivity contribution in [2.45, 2.75) is 32.4 Å². The third kappa shape index (κ3) is 6.06. The van der Waals surface area contributed by atoms with Crippen LogP contribution in [0.1, 0.15) is 36.9 Å². The van der Waals surface area contributed by atoms with Gasteiger partial charge in [0, 0.05) is 44.0 Å². The van der Waals surface area contributed by atoms with Crippen LogP contribution in [0, 0.1) is 10.1 Å². The minimum atomic E-state index is -0.361. The van der Waals surface area contributed by atoms with Crippen LogP contribution in [0.15, 0.2) is 53.5 Å². The Balaban J connectivity index is 0.00000300. The average molecular weight is 509 g/mol.